The molecule has 0 heterocycles. The third-order valence-electron chi connectivity index (χ3n) is 2.21. The lowest BCUT2D eigenvalue weighted by Crippen LogP contribution is -2.27. The van der Waals surface area contributed by atoms with E-state index >= 15 is 0 Å². The summed E-state index contributed by atoms with van der Waals surface area (Å²) >= 11 is 1.52. The van der Waals surface area contributed by atoms with Gasteiger partial charge < -0.3 is 5.32 Å². The Morgan fingerprint density at radius 3 is 2.81 bits per heavy atom. The molecule has 16 heavy (non-hydrogen) atoms. The van der Waals surface area contributed by atoms with Crippen molar-refractivity contribution in [3.8, 4) is 11.8 Å². The number of halogens is 1. The molecule has 0 aliphatic rings. The molecule has 1 aromatic rings. The molecule has 1 atom stereocenters. The lowest BCUT2D eigenvalue weighted by molar-refractivity contribution is 0.600. The summed E-state index contributed by atoms with van der Waals surface area (Å²) < 4.78 is 13.3. The summed E-state index contributed by atoms with van der Waals surface area (Å²) in [6, 6.07) is 7.15. The maximum atomic E-state index is 13.3. The second-order valence-electron chi connectivity index (χ2n) is 3.36. The first-order chi connectivity index (χ1) is 7.77. The molecule has 0 saturated heterocycles. The first-order valence-electron chi connectivity index (χ1n) is 5.22. The van der Waals surface area contributed by atoms with Gasteiger partial charge in [-0.1, -0.05) is 12.1 Å². The molecule has 0 aliphatic heterocycles. The lowest BCUT2D eigenvalue weighted by Gasteiger charge is -2.12. The van der Waals surface area contributed by atoms with Crippen LogP contribution in [0, 0.1) is 17.7 Å². The average molecular weight is 237 g/mol. The van der Waals surface area contributed by atoms with Crippen LogP contribution < -0.4 is 5.32 Å². The van der Waals surface area contributed by atoms with E-state index in [-0.39, 0.29) is 5.82 Å². The van der Waals surface area contributed by atoms with E-state index in [2.05, 4.69) is 17.2 Å². The largest absolute Gasteiger partial charge is 0.315 e. The van der Waals surface area contributed by atoms with E-state index in [1.165, 1.54) is 17.8 Å². The summed E-state index contributed by atoms with van der Waals surface area (Å²) in [7, 11) is 1.91. The summed E-state index contributed by atoms with van der Waals surface area (Å²) in [5.74, 6) is 6.58. The summed E-state index contributed by atoms with van der Waals surface area (Å²) in [5.41, 5.74) is 0. The zero-order chi connectivity index (χ0) is 11.8. The molecule has 0 aromatic heterocycles. The Bertz CT molecular complexity index is 381. The fraction of sp³-hybridized carbons (Fsp3) is 0.385. The van der Waals surface area contributed by atoms with Crippen molar-refractivity contribution in [3.05, 3.63) is 30.1 Å². The Labute approximate surface area is 101 Å². The van der Waals surface area contributed by atoms with Gasteiger partial charge in [0.05, 0.1) is 0 Å². The highest BCUT2D eigenvalue weighted by Gasteiger charge is 2.07. The van der Waals surface area contributed by atoms with Crippen molar-refractivity contribution in [2.24, 2.45) is 0 Å². The predicted molar refractivity (Wildman–Crippen MR) is 68.0 cm³/mol. The molecular formula is C13H16FNS. The molecule has 1 nitrogen and oxygen atoms in total. The molecule has 0 amide bonds. The van der Waals surface area contributed by atoms with Gasteiger partial charge in [0, 0.05) is 23.1 Å². The van der Waals surface area contributed by atoms with E-state index < -0.39 is 0 Å². The van der Waals surface area contributed by atoms with Gasteiger partial charge in [0.2, 0.25) is 0 Å². The summed E-state index contributed by atoms with van der Waals surface area (Å²) in [6.45, 7) is 1.83. The van der Waals surface area contributed by atoms with Crippen LogP contribution in [0.1, 0.15) is 13.3 Å². The van der Waals surface area contributed by atoms with E-state index in [4.69, 9.17) is 0 Å². The van der Waals surface area contributed by atoms with Crippen LogP contribution in [-0.4, -0.2) is 18.8 Å². The van der Waals surface area contributed by atoms with Crippen LogP contribution in [0.15, 0.2) is 29.2 Å². The van der Waals surface area contributed by atoms with Crippen LogP contribution in [0.25, 0.3) is 0 Å². The Morgan fingerprint density at radius 2 is 2.19 bits per heavy atom. The van der Waals surface area contributed by atoms with Crippen LogP contribution in [0.4, 0.5) is 4.39 Å². The van der Waals surface area contributed by atoms with Crippen molar-refractivity contribution < 1.29 is 4.39 Å². The first kappa shape index (κ1) is 13.1. The van der Waals surface area contributed by atoms with Gasteiger partial charge in [0.15, 0.2) is 0 Å². The van der Waals surface area contributed by atoms with E-state index in [0.29, 0.717) is 10.9 Å². The number of nitrogens with one attached hydrogen (secondary N) is 1. The van der Waals surface area contributed by atoms with E-state index in [1.807, 2.05) is 20.0 Å². The van der Waals surface area contributed by atoms with Gasteiger partial charge in [0.1, 0.15) is 5.82 Å². The van der Waals surface area contributed by atoms with Crippen molar-refractivity contribution in [1.82, 2.24) is 5.32 Å². The molecule has 1 N–H and O–H groups in total. The molecule has 0 radical (unpaired) electrons. The number of hydrogen-bond donors (Lipinski definition) is 1. The third-order valence-corrected chi connectivity index (χ3v) is 3.42. The number of hydrogen-bond acceptors (Lipinski definition) is 2. The smallest absolute Gasteiger partial charge is 0.136 e. The Balaban J connectivity index is 2.48. The topological polar surface area (TPSA) is 12.0 Å². The van der Waals surface area contributed by atoms with Crippen molar-refractivity contribution in [2.45, 2.75) is 24.3 Å². The highest BCUT2D eigenvalue weighted by atomic mass is 32.2. The Hall–Kier alpha value is -0.980. The van der Waals surface area contributed by atoms with E-state index in [9.17, 15) is 4.39 Å². The SMILES string of the molecule is CC#CCC(CSc1ccccc1F)NC. The van der Waals surface area contributed by atoms with Gasteiger partial charge in [0.25, 0.3) is 0 Å². The van der Waals surface area contributed by atoms with Crippen LogP contribution >= 0.6 is 11.8 Å². The fourth-order valence-electron chi connectivity index (χ4n) is 1.22. The monoisotopic (exact) mass is 237 g/mol. The first-order valence-corrected chi connectivity index (χ1v) is 6.20. The van der Waals surface area contributed by atoms with Crippen molar-refractivity contribution in [1.29, 1.82) is 0 Å². The second-order valence-corrected chi connectivity index (χ2v) is 4.42. The third kappa shape index (κ3) is 4.26. The summed E-state index contributed by atoms with van der Waals surface area (Å²) in [4.78, 5) is 0.701. The van der Waals surface area contributed by atoms with Crippen molar-refractivity contribution in [2.75, 3.05) is 12.8 Å². The zero-order valence-electron chi connectivity index (χ0n) is 9.59. The van der Waals surface area contributed by atoms with Gasteiger partial charge in [-0.05, 0) is 26.1 Å². The highest BCUT2D eigenvalue weighted by Crippen LogP contribution is 2.22. The van der Waals surface area contributed by atoms with Crippen molar-refractivity contribution >= 4 is 11.8 Å². The zero-order valence-corrected chi connectivity index (χ0v) is 10.4. The van der Waals surface area contributed by atoms with Crippen LogP contribution in [-0.2, 0) is 0 Å². The Kier molecular flexibility index (Phi) is 5.99. The number of thioether (sulfide) groups is 1. The van der Waals surface area contributed by atoms with Crippen molar-refractivity contribution in [3.63, 3.8) is 0 Å². The highest BCUT2D eigenvalue weighted by molar-refractivity contribution is 7.99. The van der Waals surface area contributed by atoms with Gasteiger partial charge in [-0.25, -0.2) is 4.39 Å². The molecule has 1 aromatic carbocycles. The number of rotatable bonds is 5. The van der Waals surface area contributed by atoms with Crippen LogP contribution in [0.5, 0.6) is 0 Å². The number of benzene rings is 1. The van der Waals surface area contributed by atoms with Crippen LogP contribution in [0.2, 0.25) is 0 Å². The second kappa shape index (κ2) is 7.32. The van der Waals surface area contributed by atoms with Crippen LogP contribution in [0.3, 0.4) is 0 Å². The molecular weight excluding hydrogens is 221 g/mol. The molecule has 0 aliphatic carbocycles. The molecule has 0 bridgehead atoms. The fourth-order valence-corrected chi connectivity index (χ4v) is 2.27. The molecule has 86 valence electrons. The molecule has 0 spiro atoms. The molecule has 0 fully saturated rings. The predicted octanol–water partition coefficient (Wildman–Crippen LogP) is 2.92. The maximum Gasteiger partial charge on any atom is 0.136 e. The molecule has 1 unspecified atom stereocenters. The molecule has 3 heteroatoms. The van der Waals surface area contributed by atoms with Gasteiger partial charge >= 0.3 is 0 Å². The maximum absolute atomic E-state index is 13.3. The van der Waals surface area contributed by atoms with Gasteiger partial charge in [-0.2, -0.15) is 0 Å². The van der Waals surface area contributed by atoms with Gasteiger partial charge in [-0.15, -0.1) is 23.6 Å². The minimum absolute atomic E-state index is 0.149. The molecule has 1 rings (SSSR count). The van der Waals surface area contributed by atoms with E-state index in [1.54, 1.807) is 12.1 Å². The minimum atomic E-state index is -0.149. The summed E-state index contributed by atoms with van der Waals surface area (Å²) in [5, 5.41) is 3.18. The molecule has 0 saturated carbocycles. The summed E-state index contributed by atoms with van der Waals surface area (Å²) in [6.07, 6.45) is 0.800. The quantitative estimate of drug-likeness (QED) is 0.624. The average Bonchev–Trinajstić information content (AvgIpc) is 2.31. The van der Waals surface area contributed by atoms with Gasteiger partial charge in [-0.3, -0.25) is 0 Å². The minimum Gasteiger partial charge on any atom is -0.315 e. The normalized spacial score (nSPS) is 11.7. The lowest BCUT2D eigenvalue weighted by atomic mass is 10.2. The van der Waals surface area contributed by atoms with E-state index in [0.717, 1.165) is 12.2 Å². The Morgan fingerprint density at radius 1 is 1.44 bits per heavy atom. The standard InChI is InChI=1S/C13H16FNS/c1-3-4-7-11(15-2)10-16-13-9-6-5-8-12(13)14/h5-6,8-9,11,15H,7,10H2,1-2H3.